The first kappa shape index (κ1) is 17.9. The normalized spacial score (nSPS) is 15.7. The van der Waals surface area contributed by atoms with Gasteiger partial charge in [-0.25, -0.2) is 0 Å². The van der Waals surface area contributed by atoms with E-state index in [0.29, 0.717) is 26.2 Å². The van der Waals surface area contributed by atoms with E-state index < -0.39 is 0 Å². The molecule has 2 rings (SSSR count). The number of carbonyl (C=O) groups is 2. The van der Waals surface area contributed by atoms with Gasteiger partial charge in [0.15, 0.2) is 0 Å². The molecule has 6 nitrogen and oxygen atoms in total. The van der Waals surface area contributed by atoms with E-state index in [1.54, 1.807) is 16.2 Å². The summed E-state index contributed by atoms with van der Waals surface area (Å²) >= 11 is 1.74. The van der Waals surface area contributed by atoms with Crippen molar-refractivity contribution in [2.45, 2.75) is 19.9 Å². The zero-order valence-corrected chi connectivity index (χ0v) is 14.7. The Balaban J connectivity index is 1.67. The summed E-state index contributed by atoms with van der Waals surface area (Å²) in [5.41, 5.74) is 0. The maximum atomic E-state index is 12.0. The molecule has 0 spiro atoms. The van der Waals surface area contributed by atoms with Gasteiger partial charge in [0, 0.05) is 43.0 Å². The smallest absolute Gasteiger partial charge is 0.248 e. The van der Waals surface area contributed by atoms with Gasteiger partial charge in [-0.15, -0.1) is 11.3 Å². The maximum absolute atomic E-state index is 12.0. The van der Waals surface area contributed by atoms with Crippen LogP contribution in [0.5, 0.6) is 0 Å². The van der Waals surface area contributed by atoms with Crippen LogP contribution >= 0.6 is 11.3 Å². The van der Waals surface area contributed by atoms with Crippen molar-refractivity contribution in [3.8, 4) is 0 Å². The van der Waals surface area contributed by atoms with Gasteiger partial charge < -0.3 is 15.0 Å². The lowest BCUT2D eigenvalue weighted by Gasteiger charge is -2.34. The Bertz CT molecular complexity index is 524. The van der Waals surface area contributed by atoms with Crippen LogP contribution in [0.3, 0.4) is 0 Å². The molecule has 2 amide bonds. The fourth-order valence-corrected chi connectivity index (χ4v) is 3.42. The molecule has 1 fully saturated rings. The molecule has 1 aromatic rings. The molecule has 1 aliphatic rings. The first-order chi connectivity index (χ1) is 11.1. The maximum Gasteiger partial charge on any atom is 0.248 e. The van der Waals surface area contributed by atoms with Gasteiger partial charge in [0.05, 0.1) is 13.1 Å². The van der Waals surface area contributed by atoms with Crippen LogP contribution in [0.4, 0.5) is 0 Å². The topological polar surface area (TPSA) is 61.9 Å². The number of methoxy groups -OCH3 is 1. The number of thiophene rings is 1. The molecule has 0 aromatic carbocycles. The van der Waals surface area contributed by atoms with Crippen LogP contribution in [0.2, 0.25) is 0 Å². The van der Waals surface area contributed by atoms with Crippen LogP contribution in [-0.4, -0.2) is 68.1 Å². The third-order valence-corrected chi connectivity index (χ3v) is 5.12. The highest BCUT2D eigenvalue weighted by molar-refractivity contribution is 7.11. The molecule has 0 atom stereocenters. The van der Waals surface area contributed by atoms with Crippen LogP contribution in [-0.2, 0) is 27.3 Å². The number of hydrogen-bond acceptors (Lipinski definition) is 5. The van der Waals surface area contributed by atoms with E-state index in [4.69, 9.17) is 4.74 Å². The second-order valence-corrected chi connectivity index (χ2v) is 6.84. The number of amides is 2. The summed E-state index contributed by atoms with van der Waals surface area (Å²) in [6, 6.07) is 4.19. The van der Waals surface area contributed by atoms with Crippen molar-refractivity contribution in [3.05, 3.63) is 21.9 Å². The summed E-state index contributed by atoms with van der Waals surface area (Å²) in [6.07, 6.45) is 1.03. The highest BCUT2D eigenvalue weighted by atomic mass is 32.1. The van der Waals surface area contributed by atoms with Crippen molar-refractivity contribution < 1.29 is 14.3 Å². The molecule has 1 N–H and O–H groups in total. The Kier molecular flexibility index (Phi) is 7.01. The number of rotatable bonds is 7. The lowest BCUT2D eigenvalue weighted by molar-refractivity contribution is -0.137. The fraction of sp³-hybridized carbons (Fsp3) is 0.625. The van der Waals surface area contributed by atoms with Gasteiger partial charge in [-0.3, -0.25) is 14.5 Å². The number of nitrogens with one attached hydrogen (secondary N) is 1. The van der Waals surface area contributed by atoms with Crippen LogP contribution in [0.15, 0.2) is 12.1 Å². The molecule has 1 aromatic heterocycles. The molecule has 128 valence electrons. The second kappa shape index (κ2) is 9.00. The van der Waals surface area contributed by atoms with Crippen molar-refractivity contribution >= 4 is 23.2 Å². The molecular weight excluding hydrogens is 314 g/mol. The van der Waals surface area contributed by atoms with Crippen LogP contribution in [0, 0.1) is 0 Å². The highest BCUT2D eigenvalue weighted by Gasteiger charge is 2.22. The number of hydrogen-bond donors (Lipinski definition) is 1. The van der Waals surface area contributed by atoms with E-state index in [0.717, 1.165) is 19.5 Å². The lowest BCUT2D eigenvalue weighted by Crippen LogP contribution is -2.51. The summed E-state index contributed by atoms with van der Waals surface area (Å²) in [5.74, 6) is 0.0501. The number of carbonyl (C=O) groups excluding carboxylic acids is 2. The van der Waals surface area contributed by atoms with Crippen LogP contribution in [0.1, 0.15) is 16.7 Å². The molecule has 0 saturated carbocycles. The zero-order valence-electron chi connectivity index (χ0n) is 13.8. The third-order valence-electron chi connectivity index (χ3n) is 3.89. The number of nitrogens with zero attached hydrogens (tertiary/aromatic N) is 2. The average molecular weight is 339 g/mol. The number of ether oxygens (including phenoxy) is 1. The van der Waals surface area contributed by atoms with Gasteiger partial charge in [-0.2, -0.15) is 0 Å². The minimum atomic E-state index is 0.0148. The molecule has 0 aliphatic carbocycles. The fourth-order valence-electron chi connectivity index (χ4n) is 2.52. The Morgan fingerprint density at radius 3 is 2.52 bits per heavy atom. The van der Waals surface area contributed by atoms with Gasteiger partial charge in [-0.05, 0) is 18.6 Å². The molecule has 0 bridgehead atoms. The Hall–Kier alpha value is -1.44. The summed E-state index contributed by atoms with van der Waals surface area (Å²) < 4.78 is 4.86. The van der Waals surface area contributed by atoms with Crippen molar-refractivity contribution in [2.24, 2.45) is 0 Å². The minimum absolute atomic E-state index is 0.0148. The summed E-state index contributed by atoms with van der Waals surface area (Å²) in [5, 5.41) is 2.97. The van der Waals surface area contributed by atoms with Crippen molar-refractivity contribution in [1.29, 1.82) is 0 Å². The Labute approximate surface area is 141 Å². The van der Waals surface area contributed by atoms with E-state index >= 15 is 0 Å². The highest BCUT2D eigenvalue weighted by Crippen LogP contribution is 2.16. The van der Waals surface area contributed by atoms with Gasteiger partial charge >= 0.3 is 0 Å². The lowest BCUT2D eigenvalue weighted by atomic mass is 10.3. The summed E-state index contributed by atoms with van der Waals surface area (Å²) in [4.78, 5) is 30.1. The van der Waals surface area contributed by atoms with Crippen LogP contribution in [0.25, 0.3) is 0 Å². The van der Waals surface area contributed by atoms with Crippen LogP contribution < -0.4 is 5.32 Å². The second-order valence-electron chi connectivity index (χ2n) is 5.59. The SMILES string of the molecule is CCc1ccc(CNC(=O)CN2CCN(C(=O)COC)CC2)s1. The molecule has 1 saturated heterocycles. The Morgan fingerprint density at radius 1 is 1.22 bits per heavy atom. The molecule has 2 heterocycles. The van der Waals surface area contributed by atoms with Gasteiger partial charge in [0.1, 0.15) is 6.61 Å². The third kappa shape index (κ3) is 5.60. The van der Waals surface area contributed by atoms with Gasteiger partial charge in [0.2, 0.25) is 11.8 Å². The first-order valence-corrected chi connectivity index (χ1v) is 8.77. The van der Waals surface area contributed by atoms with E-state index in [9.17, 15) is 9.59 Å². The predicted octanol–water partition coefficient (Wildman–Crippen LogP) is 0.717. The van der Waals surface area contributed by atoms with E-state index in [1.165, 1.54) is 16.9 Å². The molecule has 0 radical (unpaired) electrons. The molecule has 23 heavy (non-hydrogen) atoms. The quantitative estimate of drug-likeness (QED) is 0.795. The van der Waals surface area contributed by atoms with Gasteiger partial charge in [-0.1, -0.05) is 6.92 Å². The minimum Gasteiger partial charge on any atom is -0.375 e. The first-order valence-electron chi connectivity index (χ1n) is 7.95. The zero-order chi connectivity index (χ0) is 16.7. The van der Waals surface area contributed by atoms with E-state index in [1.807, 2.05) is 0 Å². The van der Waals surface area contributed by atoms with Crippen molar-refractivity contribution in [3.63, 3.8) is 0 Å². The molecule has 0 unspecified atom stereocenters. The summed E-state index contributed by atoms with van der Waals surface area (Å²) in [6.45, 7) is 5.99. The standard InChI is InChI=1S/C16H25N3O3S/c1-3-13-4-5-14(23-13)10-17-15(20)11-18-6-8-19(9-7-18)16(21)12-22-2/h4-5H,3,6-12H2,1-2H3,(H,17,20). The molecular formula is C16H25N3O3S. The van der Waals surface area contributed by atoms with Gasteiger partial charge in [0.25, 0.3) is 0 Å². The van der Waals surface area contributed by atoms with Crippen molar-refractivity contribution in [1.82, 2.24) is 15.1 Å². The monoisotopic (exact) mass is 339 g/mol. The molecule has 7 heteroatoms. The number of aryl methyl sites for hydroxylation is 1. The Morgan fingerprint density at radius 2 is 1.91 bits per heavy atom. The average Bonchev–Trinajstić information content (AvgIpc) is 3.02. The predicted molar refractivity (Wildman–Crippen MR) is 90.4 cm³/mol. The molecule has 1 aliphatic heterocycles. The van der Waals surface area contributed by atoms with E-state index in [-0.39, 0.29) is 18.4 Å². The van der Waals surface area contributed by atoms with E-state index in [2.05, 4.69) is 29.3 Å². The summed E-state index contributed by atoms with van der Waals surface area (Å²) in [7, 11) is 1.52. The van der Waals surface area contributed by atoms with Crippen molar-refractivity contribution in [2.75, 3.05) is 46.4 Å². The number of piperazine rings is 1. The largest absolute Gasteiger partial charge is 0.375 e.